The molecule has 0 spiro atoms. The van der Waals surface area contributed by atoms with Gasteiger partial charge in [-0.3, -0.25) is 0 Å². The van der Waals surface area contributed by atoms with Crippen molar-refractivity contribution in [1.29, 1.82) is 0 Å². The van der Waals surface area contributed by atoms with Crippen molar-refractivity contribution in [2.75, 3.05) is 0 Å². The van der Waals surface area contributed by atoms with E-state index in [-0.39, 0.29) is 6.29 Å². The van der Waals surface area contributed by atoms with Gasteiger partial charge in [0.05, 0.1) is 0 Å². The molecule has 0 saturated carbocycles. The molecule has 1 aliphatic heterocycles. The molecule has 1 aromatic carbocycles. The summed E-state index contributed by atoms with van der Waals surface area (Å²) in [6, 6.07) is 5.29. The molecular weight excluding hydrogens is 196 g/mol. The SMILES string of the molecule is CC1Oc2ccc(/C=C/C(=O)O)cc2O1. The number of aliphatic carboxylic acids is 1. The summed E-state index contributed by atoms with van der Waals surface area (Å²) < 4.78 is 10.7. The molecule has 2 rings (SSSR count). The Labute approximate surface area is 86.7 Å². The topological polar surface area (TPSA) is 55.8 Å². The molecule has 0 fully saturated rings. The second-order valence-corrected chi connectivity index (χ2v) is 3.18. The summed E-state index contributed by atoms with van der Waals surface area (Å²) in [6.45, 7) is 1.80. The largest absolute Gasteiger partial charge is 0.478 e. The number of carboxylic acids is 1. The van der Waals surface area contributed by atoms with Crippen molar-refractivity contribution in [3.63, 3.8) is 0 Å². The fourth-order valence-corrected chi connectivity index (χ4v) is 1.37. The number of ether oxygens (including phenoxy) is 2. The zero-order chi connectivity index (χ0) is 10.8. The molecule has 0 saturated heterocycles. The molecule has 1 atom stereocenters. The normalized spacial score (nSPS) is 18.3. The number of hydrogen-bond acceptors (Lipinski definition) is 3. The molecule has 1 N–H and O–H groups in total. The van der Waals surface area contributed by atoms with Crippen LogP contribution >= 0.6 is 0 Å². The molecule has 0 radical (unpaired) electrons. The number of benzene rings is 1. The molecule has 78 valence electrons. The quantitative estimate of drug-likeness (QED) is 0.751. The molecule has 0 bridgehead atoms. The lowest BCUT2D eigenvalue weighted by atomic mass is 10.2. The van der Waals surface area contributed by atoms with Crippen LogP contribution in [-0.2, 0) is 4.79 Å². The van der Waals surface area contributed by atoms with Crippen molar-refractivity contribution < 1.29 is 19.4 Å². The van der Waals surface area contributed by atoms with Crippen LogP contribution < -0.4 is 9.47 Å². The molecule has 1 unspecified atom stereocenters. The Morgan fingerprint density at radius 1 is 1.40 bits per heavy atom. The van der Waals surface area contributed by atoms with E-state index < -0.39 is 5.97 Å². The average molecular weight is 206 g/mol. The van der Waals surface area contributed by atoms with Gasteiger partial charge in [-0.15, -0.1) is 0 Å². The molecule has 15 heavy (non-hydrogen) atoms. The van der Waals surface area contributed by atoms with Gasteiger partial charge >= 0.3 is 5.97 Å². The van der Waals surface area contributed by atoms with Crippen molar-refractivity contribution >= 4 is 12.0 Å². The summed E-state index contributed by atoms with van der Waals surface area (Å²) in [6.07, 6.45) is 2.31. The molecule has 0 aliphatic carbocycles. The highest BCUT2D eigenvalue weighted by atomic mass is 16.7. The smallest absolute Gasteiger partial charge is 0.328 e. The van der Waals surface area contributed by atoms with Gasteiger partial charge in [0.2, 0.25) is 6.29 Å². The van der Waals surface area contributed by atoms with Crippen molar-refractivity contribution in [2.45, 2.75) is 13.2 Å². The lowest BCUT2D eigenvalue weighted by molar-refractivity contribution is -0.131. The Kier molecular flexibility index (Phi) is 2.33. The summed E-state index contributed by atoms with van der Waals surface area (Å²) in [5.41, 5.74) is 0.772. The number of hydrogen-bond donors (Lipinski definition) is 1. The van der Waals surface area contributed by atoms with Crippen LogP contribution in [0.3, 0.4) is 0 Å². The monoisotopic (exact) mass is 206 g/mol. The van der Waals surface area contributed by atoms with Crippen LogP contribution in [0.4, 0.5) is 0 Å². The third kappa shape index (κ3) is 2.10. The molecule has 0 amide bonds. The van der Waals surface area contributed by atoms with Crippen LogP contribution in [0.5, 0.6) is 11.5 Å². The standard InChI is InChI=1S/C11H10O4/c1-7-14-9-4-2-8(3-5-11(12)13)6-10(9)15-7/h2-7H,1H3,(H,12,13)/b5-3+. The average Bonchev–Trinajstić information content (AvgIpc) is 2.53. The lowest BCUT2D eigenvalue weighted by Gasteiger charge is -1.99. The predicted molar refractivity (Wildman–Crippen MR) is 53.8 cm³/mol. The molecule has 0 aromatic heterocycles. The van der Waals surface area contributed by atoms with Gasteiger partial charge in [-0.2, -0.15) is 0 Å². The summed E-state index contributed by atoms with van der Waals surface area (Å²) in [4.78, 5) is 10.3. The van der Waals surface area contributed by atoms with Gasteiger partial charge < -0.3 is 14.6 Å². The zero-order valence-electron chi connectivity index (χ0n) is 8.14. The Morgan fingerprint density at radius 2 is 2.13 bits per heavy atom. The maximum absolute atomic E-state index is 10.3. The molecule has 1 aromatic rings. The highest BCUT2D eigenvalue weighted by Gasteiger charge is 2.19. The highest BCUT2D eigenvalue weighted by molar-refractivity contribution is 5.85. The third-order valence-electron chi connectivity index (χ3n) is 1.97. The number of carboxylic acid groups (broad SMARTS) is 1. The minimum absolute atomic E-state index is 0.279. The van der Waals surface area contributed by atoms with E-state index in [2.05, 4.69) is 0 Å². The molecule has 4 heteroatoms. The first kappa shape index (κ1) is 9.58. The summed E-state index contributed by atoms with van der Waals surface area (Å²) in [5.74, 6) is 0.367. The van der Waals surface area contributed by atoms with Crippen molar-refractivity contribution in [3.05, 3.63) is 29.8 Å². The van der Waals surface area contributed by atoms with Gasteiger partial charge in [0.1, 0.15) is 0 Å². The van der Waals surface area contributed by atoms with E-state index in [9.17, 15) is 4.79 Å². The van der Waals surface area contributed by atoms with E-state index in [1.54, 1.807) is 25.1 Å². The third-order valence-corrected chi connectivity index (χ3v) is 1.97. The summed E-state index contributed by atoms with van der Waals surface area (Å²) in [5, 5.41) is 8.47. The van der Waals surface area contributed by atoms with E-state index in [0.717, 1.165) is 11.6 Å². The number of fused-ring (bicyclic) bond motifs is 1. The van der Waals surface area contributed by atoms with Crippen molar-refractivity contribution in [1.82, 2.24) is 0 Å². The first-order valence-electron chi connectivity index (χ1n) is 4.53. The van der Waals surface area contributed by atoms with Crippen LogP contribution in [0.2, 0.25) is 0 Å². The van der Waals surface area contributed by atoms with Crippen LogP contribution in [-0.4, -0.2) is 17.4 Å². The van der Waals surface area contributed by atoms with E-state index in [1.807, 2.05) is 0 Å². The maximum Gasteiger partial charge on any atom is 0.328 e. The second-order valence-electron chi connectivity index (χ2n) is 3.18. The number of rotatable bonds is 2. The molecule has 1 heterocycles. The number of carbonyl (C=O) groups is 1. The first-order chi connectivity index (χ1) is 7.15. The molecular formula is C11H10O4. The van der Waals surface area contributed by atoms with Crippen LogP contribution in [0, 0.1) is 0 Å². The van der Waals surface area contributed by atoms with E-state index in [1.165, 1.54) is 6.08 Å². The van der Waals surface area contributed by atoms with Gasteiger partial charge in [0, 0.05) is 13.0 Å². The second kappa shape index (κ2) is 3.65. The van der Waals surface area contributed by atoms with Crippen LogP contribution in [0.1, 0.15) is 12.5 Å². The fourth-order valence-electron chi connectivity index (χ4n) is 1.37. The Balaban J connectivity index is 2.23. The van der Waals surface area contributed by atoms with Crippen LogP contribution in [0.15, 0.2) is 24.3 Å². The van der Waals surface area contributed by atoms with Crippen molar-refractivity contribution in [2.24, 2.45) is 0 Å². The van der Waals surface area contributed by atoms with E-state index in [4.69, 9.17) is 14.6 Å². The Morgan fingerprint density at radius 3 is 2.87 bits per heavy atom. The maximum atomic E-state index is 10.3. The molecule has 4 nitrogen and oxygen atoms in total. The van der Waals surface area contributed by atoms with Crippen molar-refractivity contribution in [3.8, 4) is 11.5 Å². The lowest BCUT2D eigenvalue weighted by Crippen LogP contribution is -2.11. The van der Waals surface area contributed by atoms with E-state index >= 15 is 0 Å². The van der Waals surface area contributed by atoms with Gasteiger partial charge in [-0.05, 0) is 23.8 Å². The van der Waals surface area contributed by atoms with Gasteiger partial charge in [-0.25, -0.2) is 4.79 Å². The first-order valence-corrected chi connectivity index (χ1v) is 4.53. The Hall–Kier alpha value is -1.97. The summed E-state index contributed by atoms with van der Waals surface area (Å²) >= 11 is 0. The fraction of sp³-hybridized carbons (Fsp3) is 0.182. The minimum Gasteiger partial charge on any atom is -0.478 e. The Bertz CT molecular complexity index is 423. The van der Waals surface area contributed by atoms with Gasteiger partial charge in [0.15, 0.2) is 11.5 Å². The van der Waals surface area contributed by atoms with Gasteiger partial charge in [-0.1, -0.05) is 6.07 Å². The minimum atomic E-state index is -0.971. The predicted octanol–water partition coefficient (Wildman–Crippen LogP) is 1.90. The van der Waals surface area contributed by atoms with Gasteiger partial charge in [0.25, 0.3) is 0 Å². The molecule has 1 aliphatic rings. The zero-order valence-corrected chi connectivity index (χ0v) is 8.14. The highest BCUT2D eigenvalue weighted by Crippen LogP contribution is 2.35. The van der Waals surface area contributed by atoms with E-state index in [0.29, 0.717) is 11.5 Å². The van der Waals surface area contributed by atoms with Crippen LogP contribution in [0.25, 0.3) is 6.08 Å². The summed E-state index contributed by atoms with van der Waals surface area (Å²) in [7, 11) is 0.